The van der Waals surface area contributed by atoms with Gasteiger partial charge in [0.15, 0.2) is 0 Å². The first kappa shape index (κ1) is 14.2. The average molecular weight is 353 g/mol. The van der Waals surface area contributed by atoms with E-state index in [2.05, 4.69) is 15.9 Å². The van der Waals surface area contributed by atoms with Crippen molar-refractivity contribution in [2.24, 2.45) is 29.6 Å². The maximum atomic E-state index is 13.3. The second kappa shape index (κ2) is 5.34. The van der Waals surface area contributed by atoms with Crippen LogP contribution < -0.4 is 0 Å². The quantitative estimate of drug-likeness (QED) is 0.844. The summed E-state index contributed by atoms with van der Waals surface area (Å²) in [6.45, 7) is 0. The second-order valence-corrected chi connectivity index (χ2v) is 8.38. The normalized spacial score (nSPS) is 38.7. The van der Waals surface area contributed by atoms with Gasteiger partial charge in [0.1, 0.15) is 5.82 Å². The van der Waals surface area contributed by atoms with Crippen LogP contribution in [0, 0.1) is 35.4 Å². The van der Waals surface area contributed by atoms with Crippen LogP contribution in [0.5, 0.6) is 0 Å². The molecular formula is C18H22BrFO. The molecule has 1 atom stereocenters. The molecule has 0 saturated heterocycles. The molecule has 1 aromatic rings. The Labute approximate surface area is 134 Å². The van der Waals surface area contributed by atoms with Gasteiger partial charge >= 0.3 is 0 Å². The zero-order chi connectivity index (χ0) is 14.6. The van der Waals surface area contributed by atoms with E-state index in [1.54, 1.807) is 6.07 Å². The van der Waals surface area contributed by atoms with Gasteiger partial charge in [-0.1, -0.05) is 6.07 Å². The summed E-state index contributed by atoms with van der Waals surface area (Å²) in [6, 6.07) is 5.11. The predicted molar refractivity (Wildman–Crippen MR) is 84.3 cm³/mol. The molecule has 0 heterocycles. The van der Waals surface area contributed by atoms with Crippen LogP contribution in [0.2, 0.25) is 0 Å². The maximum absolute atomic E-state index is 13.3. The smallest absolute Gasteiger partial charge is 0.137 e. The van der Waals surface area contributed by atoms with Crippen LogP contribution in [0.3, 0.4) is 0 Å². The van der Waals surface area contributed by atoms with E-state index in [-0.39, 0.29) is 11.9 Å². The van der Waals surface area contributed by atoms with Gasteiger partial charge in [-0.25, -0.2) is 4.39 Å². The van der Waals surface area contributed by atoms with Gasteiger partial charge in [0.2, 0.25) is 0 Å². The summed E-state index contributed by atoms with van der Waals surface area (Å²) in [6.07, 6.45) is 7.18. The van der Waals surface area contributed by atoms with Crippen molar-refractivity contribution in [2.75, 3.05) is 0 Å². The minimum absolute atomic E-state index is 0.233. The third-order valence-electron chi connectivity index (χ3n) is 6.17. The van der Waals surface area contributed by atoms with E-state index in [1.165, 1.54) is 38.2 Å². The molecule has 0 aliphatic heterocycles. The van der Waals surface area contributed by atoms with Crippen molar-refractivity contribution >= 4 is 15.9 Å². The molecule has 1 aromatic carbocycles. The van der Waals surface area contributed by atoms with Crippen molar-refractivity contribution in [2.45, 2.75) is 44.6 Å². The van der Waals surface area contributed by atoms with Crippen LogP contribution in [-0.2, 0) is 6.42 Å². The lowest BCUT2D eigenvalue weighted by Crippen LogP contribution is -2.49. The Bertz CT molecular complexity index is 516. The predicted octanol–water partition coefficient (Wildman–Crippen LogP) is 4.56. The molecule has 4 aliphatic carbocycles. The van der Waals surface area contributed by atoms with Crippen molar-refractivity contribution in [3.63, 3.8) is 0 Å². The first-order valence-electron chi connectivity index (χ1n) is 8.22. The molecule has 0 radical (unpaired) electrons. The van der Waals surface area contributed by atoms with E-state index < -0.39 is 0 Å². The fourth-order valence-electron chi connectivity index (χ4n) is 5.64. The molecule has 4 aliphatic rings. The number of benzene rings is 1. The number of aliphatic hydroxyl groups is 1. The van der Waals surface area contributed by atoms with Crippen LogP contribution in [-0.4, -0.2) is 11.2 Å². The first-order chi connectivity index (χ1) is 10.1. The highest BCUT2D eigenvalue weighted by molar-refractivity contribution is 9.10. The van der Waals surface area contributed by atoms with Crippen molar-refractivity contribution in [1.29, 1.82) is 0 Å². The Kier molecular flexibility index (Phi) is 3.61. The third-order valence-corrected chi connectivity index (χ3v) is 6.78. The molecule has 114 valence electrons. The SMILES string of the molecule is OC(Cc1ccc(F)c(Br)c1)C1C2CC3CC(C2)CC1C3. The standard InChI is InChI=1S/C18H22BrFO/c19-15-8-10(1-2-16(15)20)9-17(21)18-13-4-11-3-12(6-13)7-14(18)5-11/h1-2,8,11-14,17-18,21H,3-7,9H2. The Balaban J connectivity index is 1.49. The Morgan fingerprint density at radius 2 is 1.71 bits per heavy atom. The first-order valence-corrected chi connectivity index (χ1v) is 9.01. The molecule has 1 unspecified atom stereocenters. The number of aliphatic hydroxyl groups excluding tert-OH is 1. The summed E-state index contributed by atoms with van der Waals surface area (Å²) >= 11 is 3.24. The zero-order valence-corrected chi connectivity index (χ0v) is 13.7. The van der Waals surface area contributed by atoms with Crippen molar-refractivity contribution in [3.05, 3.63) is 34.1 Å². The minimum Gasteiger partial charge on any atom is -0.392 e. The number of rotatable bonds is 3. The van der Waals surface area contributed by atoms with Crippen molar-refractivity contribution in [3.8, 4) is 0 Å². The molecular weight excluding hydrogens is 331 g/mol. The Hall–Kier alpha value is -0.410. The molecule has 1 N–H and O–H groups in total. The highest BCUT2D eigenvalue weighted by Gasteiger charge is 2.50. The monoisotopic (exact) mass is 352 g/mol. The highest BCUT2D eigenvalue weighted by Crippen LogP contribution is 2.57. The van der Waals surface area contributed by atoms with Gasteiger partial charge in [-0.2, -0.15) is 0 Å². The molecule has 0 amide bonds. The minimum atomic E-state index is -0.266. The lowest BCUT2D eigenvalue weighted by Gasteiger charge is -2.55. The summed E-state index contributed by atoms with van der Waals surface area (Å²) < 4.78 is 13.8. The lowest BCUT2D eigenvalue weighted by molar-refractivity contribution is -0.0887. The largest absolute Gasteiger partial charge is 0.392 e. The molecule has 3 heteroatoms. The second-order valence-electron chi connectivity index (χ2n) is 7.53. The van der Waals surface area contributed by atoms with Crippen LogP contribution in [0.25, 0.3) is 0 Å². The van der Waals surface area contributed by atoms with E-state index in [0.29, 0.717) is 16.8 Å². The van der Waals surface area contributed by atoms with E-state index in [0.717, 1.165) is 29.2 Å². The van der Waals surface area contributed by atoms with Gasteiger partial charge in [-0.3, -0.25) is 0 Å². The van der Waals surface area contributed by atoms with E-state index in [4.69, 9.17) is 0 Å². The highest BCUT2D eigenvalue weighted by atomic mass is 79.9. The molecule has 21 heavy (non-hydrogen) atoms. The molecule has 0 aromatic heterocycles. The van der Waals surface area contributed by atoms with Gasteiger partial charge in [-0.15, -0.1) is 0 Å². The van der Waals surface area contributed by atoms with E-state index >= 15 is 0 Å². The van der Waals surface area contributed by atoms with Gasteiger partial charge in [0.25, 0.3) is 0 Å². The summed E-state index contributed by atoms with van der Waals surface area (Å²) in [7, 11) is 0. The molecule has 4 fully saturated rings. The topological polar surface area (TPSA) is 20.2 Å². The average Bonchev–Trinajstić information content (AvgIpc) is 2.41. The molecule has 1 nitrogen and oxygen atoms in total. The van der Waals surface area contributed by atoms with Gasteiger partial charge in [0, 0.05) is 0 Å². The van der Waals surface area contributed by atoms with Gasteiger partial charge in [-0.05, 0) is 102 Å². The van der Waals surface area contributed by atoms with Crippen molar-refractivity contribution < 1.29 is 9.50 Å². The molecule has 0 spiro atoms. The Morgan fingerprint density at radius 3 is 2.29 bits per heavy atom. The lowest BCUT2D eigenvalue weighted by atomic mass is 9.50. The maximum Gasteiger partial charge on any atom is 0.137 e. The molecule has 4 saturated carbocycles. The Morgan fingerprint density at radius 1 is 1.10 bits per heavy atom. The van der Waals surface area contributed by atoms with Gasteiger partial charge < -0.3 is 5.11 Å². The summed E-state index contributed by atoms with van der Waals surface area (Å²) in [5.74, 6) is 3.59. The fraction of sp³-hybridized carbons (Fsp3) is 0.667. The fourth-order valence-corrected chi connectivity index (χ4v) is 6.07. The zero-order valence-electron chi connectivity index (χ0n) is 12.1. The van der Waals surface area contributed by atoms with Crippen LogP contribution >= 0.6 is 15.9 Å². The summed E-state index contributed by atoms with van der Waals surface area (Å²) in [4.78, 5) is 0. The third kappa shape index (κ3) is 2.57. The molecule has 4 bridgehead atoms. The van der Waals surface area contributed by atoms with Crippen LogP contribution in [0.1, 0.15) is 37.7 Å². The number of halogens is 2. The van der Waals surface area contributed by atoms with Crippen molar-refractivity contribution in [1.82, 2.24) is 0 Å². The summed E-state index contributed by atoms with van der Waals surface area (Å²) in [5, 5.41) is 10.8. The number of hydrogen-bond donors (Lipinski definition) is 1. The van der Waals surface area contributed by atoms with Gasteiger partial charge in [0.05, 0.1) is 10.6 Å². The van der Waals surface area contributed by atoms with E-state index in [9.17, 15) is 9.50 Å². The van der Waals surface area contributed by atoms with Crippen LogP contribution in [0.15, 0.2) is 22.7 Å². The summed E-state index contributed by atoms with van der Waals surface area (Å²) in [5.41, 5.74) is 1.03. The van der Waals surface area contributed by atoms with Crippen LogP contribution in [0.4, 0.5) is 4.39 Å². The van der Waals surface area contributed by atoms with E-state index in [1.807, 2.05) is 6.07 Å². The molecule has 5 rings (SSSR count). The number of hydrogen-bond acceptors (Lipinski definition) is 1.